The number of benzene rings is 1. The summed E-state index contributed by atoms with van der Waals surface area (Å²) < 4.78 is 0. The van der Waals surface area contributed by atoms with Gasteiger partial charge in [0.25, 0.3) is 0 Å². The SMILES string of the molecule is CCCN=C(NCC)NCCN(C)c1ccccc1.I. The molecule has 2 N–H and O–H groups in total. The van der Waals surface area contributed by atoms with Gasteiger partial charge in [-0.15, -0.1) is 24.0 Å². The topological polar surface area (TPSA) is 39.7 Å². The Morgan fingerprint density at radius 3 is 2.45 bits per heavy atom. The Labute approximate surface area is 140 Å². The fraction of sp³-hybridized carbons (Fsp3) is 0.533. The average Bonchev–Trinajstić information content (AvgIpc) is 2.45. The number of nitrogens with zero attached hydrogens (tertiary/aromatic N) is 2. The third-order valence-electron chi connectivity index (χ3n) is 2.77. The van der Waals surface area contributed by atoms with Crippen LogP contribution in [-0.4, -0.2) is 39.2 Å². The zero-order valence-corrected chi connectivity index (χ0v) is 15.1. The fourth-order valence-electron chi connectivity index (χ4n) is 1.72. The molecule has 4 nitrogen and oxygen atoms in total. The van der Waals surface area contributed by atoms with Crippen LogP contribution in [-0.2, 0) is 0 Å². The first-order chi connectivity index (χ1) is 9.27. The van der Waals surface area contributed by atoms with E-state index in [-0.39, 0.29) is 24.0 Å². The van der Waals surface area contributed by atoms with E-state index < -0.39 is 0 Å². The summed E-state index contributed by atoms with van der Waals surface area (Å²) >= 11 is 0. The van der Waals surface area contributed by atoms with Crippen molar-refractivity contribution in [3.8, 4) is 0 Å². The molecule has 0 aromatic heterocycles. The first-order valence-corrected chi connectivity index (χ1v) is 7.06. The van der Waals surface area contributed by atoms with Gasteiger partial charge in [0.2, 0.25) is 0 Å². The van der Waals surface area contributed by atoms with Gasteiger partial charge in [0.05, 0.1) is 0 Å². The van der Waals surface area contributed by atoms with E-state index in [1.54, 1.807) is 0 Å². The van der Waals surface area contributed by atoms with Crippen LogP contribution in [0.3, 0.4) is 0 Å². The molecule has 0 fully saturated rings. The minimum Gasteiger partial charge on any atom is -0.373 e. The molecule has 0 aliphatic rings. The van der Waals surface area contributed by atoms with Crippen molar-refractivity contribution in [1.82, 2.24) is 10.6 Å². The van der Waals surface area contributed by atoms with Gasteiger partial charge in [-0.3, -0.25) is 4.99 Å². The second-order valence-corrected chi connectivity index (χ2v) is 4.44. The highest BCUT2D eigenvalue weighted by molar-refractivity contribution is 14.0. The van der Waals surface area contributed by atoms with Crippen molar-refractivity contribution in [2.45, 2.75) is 20.3 Å². The molecule has 0 aliphatic carbocycles. The molecule has 1 aromatic carbocycles. The third kappa shape index (κ3) is 7.57. The summed E-state index contributed by atoms with van der Waals surface area (Å²) in [5.74, 6) is 0.908. The van der Waals surface area contributed by atoms with Crippen LogP contribution in [0.1, 0.15) is 20.3 Å². The first-order valence-electron chi connectivity index (χ1n) is 7.06. The average molecular weight is 390 g/mol. The zero-order chi connectivity index (χ0) is 13.9. The van der Waals surface area contributed by atoms with Gasteiger partial charge < -0.3 is 15.5 Å². The van der Waals surface area contributed by atoms with Gasteiger partial charge in [0, 0.05) is 38.9 Å². The lowest BCUT2D eigenvalue weighted by Gasteiger charge is -2.20. The van der Waals surface area contributed by atoms with Gasteiger partial charge in [-0.05, 0) is 25.5 Å². The number of guanidine groups is 1. The van der Waals surface area contributed by atoms with E-state index in [1.807, 2.05) is 6.07 Å². The molecule has 0 spiro atoms. The number of nitrogens with one attached hydrogen (secondary N) is 2. The van der Waals surface area contributed by atoms with Gasteiger partial charge >= 0.3 is 0 Å². The Balaban J connectivity index is 0.00000361. The van der Waals surface area contributed by atoms with Crippen molar-refractivity contribution >= 4 is 35.6 Å². The minimum atomic E-state index is 0. The van der Waals surface area contributed by atoms with E-state index in [4.69, 9.17) is 0 Å². The first kappa shape index (κ1) is 19.0. The molecule has 0 heterocycles. The molecule has 0 bridgehead atoms. The number of likely N-dealkylation sites (N-methyl/N-ethyl adjacent to an activating group) is 1. The molecule has 0 amide bonds. The second kappa shape index (κ2) is 11.8. The summed E-state index contributed by atoms with van der Waals surface area (Å²) in [7, 11) is 2.10. The lowest BCUT2D eigenvalue weighted by molar-refractivity contribution is 0.777. The highest BCUT2D eigenvalue weighted by Crippen LogP contribution is 2.09. The van der Waals surface area contributed by atoms with Crippen LogP contribution in [0.25, 0.3) is 0 Å². The third-order valence-corrected chi connectivity index (χ3v) is 2.77. The molecule has 0 saturated heterocycles. The van der Waals surface area contributed by atoms with Crippen LogP contribution in [0.15, 0.2) is 35.3 Å². The lowest BCUT2D eigenvalue weighted by atomic mass is 10.3. The number of aliphatic imine (C=N–C) groups is 1. The summed E-state index contributed by atoms with van der Waals surface area (Å²) in [5.41, 5.74) is 1.24. The Kier molecular flexibility index (Phi) is 11.2. The molecule has 1 rings (SSSR count). The lowest BCUT2D eigenvalue weighted by Crippen LogP contribution is -2.41. The van der Waals surface area contributed by atoms with Crippen molar-refractivity contribution in [2.75, 3.05) is 38.1 Å². The summed E-state index contributed by atoms with van der Waals surface area (Å²) in [5, 5.41) is 6.60. The van der Waals surface area contributed by atoms with Crippen LogP contribution in [0.5, 0.6) is 0 Å². The maximum absolute atomic E-state index is 4.48. The number of hydrogen-bond donors (Lipinski definition) is 2. The molecule has 0 radical (unpaired) electrons. The van der Waals surface area contributed by atoms with Crippen molar-refractivity contribution < 1.29 is 0 Å². The summed E-state index contributed by atoms with van der Waals surface area (Å²) in [4.78, 5) is 6.71. The Bertz CT molecular complexity index is 367. The quantitative estimate of drug-likeness (QED) is 0.427. The van der Waals surface area contributed by atoms with E-state index in [0.29, 0.717) is 0 Å². The van der Waals surface area contributed by atoms with Gasteiger partial charge in [-0.2, -0.15) is 0 Å². The Morgan fingerprint density at radius 1 is 1.15 bits per heavy atom. The number of rotatable bonds is 7. The second-order valence-electron chi connectivity index (χ2n) is 4.44. The van der Waals surface area contributed by atoms with Crippen molar-refractivity contribution in [2.24, 2.45) is 4.99 Å². The molecule has 20 heavy (non-hydrogen) atoms. The maximum atomic E-state index is 4.48. The van der Waals surface area contributed by atoms with Crippen molar-refractivity contribution in [1.29, 1.82) is 0 Å². The van der Waals surface area contributed by atoms with Gasteiger partial charge in [0.15, 0.2) is 5.96 Å². The monoisotopic (exact) mass is 390 g/mol. The molecule has 0 atom stereocenters. The van der Waals surface area contributed by atoms with E-state index in [2.05, 4.69) is 65.7 Å². The van der Waals surface area contributed by atoms with E-state index in [9.17, 15) is 0 Å². The van der Waals surface area contributed by atoms with Gasteiger partial charge in [-0.25, -0.2) is 0 Å². The fourth-order valence-corrected chi connectivity index (χ4v) is 1.72. The standard InChI is InChI=1S/C15H26N4.HI/c1-4-11-17-15(16-5-2)18-12-13-19(3)14-9-7-6-8-10-14;/h6-10H,4-5,11-13H2,1-3H3,(H2,16,17,18);1H. The molecule has 0 unspecified atom stereocenters. The van der Waals surface area contributed by atoms with Crippen LogP contribution >= 0.6 is 24.0 Å². The predicted octanol–water partition coefficient (Wildman–Crippen LogP) is 2.71. The number of anilines is 1. The number of hydrogen-bond acceptors (Lipinski definition) is 2. The van der Waals surface area contributed by atoms with Crippen LogP contribution in [0, 0.1) is 0 Å². The molecule has 1 aromatic rings. The molecule has 0 saturated carbocycles. The molecular weight excluding hydrogens is 363 g/mol. The maximum Gasteiger partial charge on any atom is 0.191 e. The molecule has 5 heteroatoms. The van der Waals surface area contributed by atoms with Crippen LogP contribution in [0.4, 0.5) is 5.69 Å². The molecule has 0 aliphatic heterocycles. The van der Waals surface area contributed by atoms with Crippen LogP contribution in [0.2, 0.25) is 0 Å². The van der Waals surface area contributed by atoms with Gasteiger partial charge in [-0.1, -0.05) is 25.1 Å². The van der Waals surface area contributed by atoms with E-state index in [0.717, 1.165) is 38.6 Å². The van der Waals surface area contributed by atoms with E-state index >= 15 is 0 Å². The van der Waals surface area contributed by atoms with E-state index in [1.165, 1.54) is 5.69 Å². The summed E-state index contributed by atoms with van der Waals surface area (Å²) in [6.45, 7) is 7.80. The number of para-hydroxylation sites is 1. The summed E-state index contributed by atoms with van der Waals surface area (Å²) in [6.07, 6.45) is 1.07. The van der Waals surface area contributed by atoms with Crippen molar-refractivity contribution in [3.05, 3.63) is 30.3 Å². The molecular formula is C15H27IN4. The number of halogens is 1. The normalized spacial score (nSPS) is 10.7. The Hall–Kier alpha value is -0.980. The molecule has 114 valence electrons. The highest BCUT2D eigenvalue weighted by atomic mass is 127. The summed E-state index contributed by atoms with van der Waals surface area (Å²) in [6, 6.07) is 10.4. The smallest absolute Gasteiger partial charge is 0.191 e. The van der Waals surface area contributed by atoms with Crippen molar-refractivity contribution in [3.63, 3.8) is 0 Å². The largest absolute Gasteiger partial charge is 0.373 e. The Morgan fingerprint density at radius 2 is 1.85 bits per heavy atom. The van der Waals surface area contributed by atoms with Gasteiger partial charge in [0.1, 0.15) is 0 Å². The minimum absolute atomic E-state index is 0. The zero-order valence-electron chi connectivity index (χ0n) is 12.7. The predicted molar refractivity (Wildman–Crippen MR) is 99.4 cm³/mol. The van der Waals surface area contributed by atoms with Crippen LogP contribution < -0.4 is 15.5 Å². The highest BCUT2D eigenvalue weighted by Gasteiger charge is 2.00.